The van der Waals surface area contributed by atoms with Crippen LogP contribution in [0.1, 0.15) is 30.0 Å². The van der Waals surface area contributed by atoms with Crippen molar-refractivity contribution in [3.63, 3.8) is 0 Å². The number of thiocarbonyl (C=S) groups is 1. The summed E-state index contributed by atoms with van der Waals surface area (Å²) in [7, 11) is 1.63. The maximum atomic E-state index is 13.8. The predicted octanol–water partition coefficient (Wildman–Crippen LogP) is 6.06. The number of anilines is 1. The third-order valence-electron chi connectivity index (χ3n) is 5.91. The summed E-state index contributed by atoms with van der Waals surface area (Å²) < 4.78 is 25.0. The van der Waals surface area contributed by atoms with E-state index in [1.807, 2.05) is 61.2 Å². The van der Waals surface area contributed by atoms with Gasteiger partial charge in [-0.2, -0.15) is 4.98 Å². The van der Waals surface area contributed by atoms with Gasteiger partial charge in [-0.1, -0.05) is 41.6 Å². The molecule has 1 aliphatic heterocycles. The summed E-state index contributed by atoms with van der Waals surface area (Å²) in [5.74, 6) is 0.981. The van der Waals surface area contributed by atoms with E-state index in [1.165, 1.54) is 12.1 Å². The standard InChI is InChI=1S/C27H23FN4O2S/c1-16-7-4-11-21(13-16)32-17(2)23(24(29-27(32)35)18-8-6-12-22(15-18)33-3)26-30-25(31-34-26)19-9-5-10-20(28)14-19/h4-15,24H,1-3H3,(H,29,35). The number of aromatic nitrogens is 2. The highest BCUT2D eigenvalue weighted by Gasteiger charge is 2.35. The lowest BCUT2D eigenvalue weighted by molar-refractivity contribution is 0.403. The topological polar surface area (TPSA) is 63.4 Å². The van der Waals surface area contributed by atoms with E-state index in [0.717, 1.165) is 33.8 Å². The number of halogens is 1. The second-order valence-corrected chi connectivity index (χ2v) is 8.65. The highest BCUT2D eigenvalue weighted by atomic mass is 32.1. The zero-order chi connectivity index (χ0) is 24.5. The van der Waals surface area contributed by atoms with Crippen LogP contribution in [-0.4, -0.2) is 22.4 Å². The van der Waals surface area contributed by atoms with Crippen molar-refractivity contribution < 1.29 is 13.7 Å². The number of methoxy groups -OCH3 is 1. The molecule has 0 radical (unpaired) electrons. The Morgan fingerprint density at radius 2 is 1.83 bits per heavy atom. The average molecular weight is 487 g/mol. The molecule has 1 aromatic heterocycles. The first-order valence-electron chi connectivity index (χ1n) is 11.1. The van der Waals surface area contributed by atoms with E-state index in [-0.39, 0.29) is 11.9 Å². The van der Waals surface area contributed by atoms with Crippen molar-refractivity contribution in [3.8, 4) is 17.1 Å². The Bertz CT molecular complexity index is 1450. The van der Waals surface area contributed by atoms with E-state index in [1.54, 1.807) is 19.2 Å². The molecule has 1 N–H and O–H groups in total. The van der Waals surface area contributed by atoms with Gasteiger partial charge in [0.15, 0.2) is 5.11 Å². The SMILES string of the molecule is COc1cccc(C2NC(=S)N(c3cccc(C)c3)C(C)=C2c2nc(-c3cccc(F)c3)no2)c1. The van der Waals surface area contributed by atoms with Crippen LogP contribution in [0, 0.1) is 12.7 Å². The van der Waals surface area contributed by atoms with Crippen LogP contribution in [0.25, 0.3) is 17.0 Å². The van der Waals surface area contributed by atoms with Gasteiger partial charge in [-0.3, -0.25) is 4.90 Å². The van der Waals surface area contributed by atoms with E-state index >= 15 is 0 Å². The monoisotopic (exact) mass is 486 g/mol. The summed E-state index contributed by atoms with van der Waals surface area (Å²) in [5, 5.41) is 8.13. The first-order valence-corrected chi connectivity index (χ1v) is 11.5. The Morgan fingerprint density at radius 3 is 2.60 bits per heavy atom. The molecule has 1 atom stereocenters. The number of allylic oxidation sites excluding steroid dienone is 1. The van der Waals surface area contributed by atoms with E-state index < -0.39 is 0 Å². The van der Waals surface area contributed by atoms with Gasteiger partial charge in [0.05, 0.1) is 18.7 Å². The van der Waals surface area contributed by atoms with Crippen LogP contribution in [0.15, 0.2) is 83.0 Å². The predicted molar refractivity (Wildman–Crippen MR) is 137 cm³/mol. The van der Waals surface area contributed by atoms with E-state index in [0.29, 0.717) is 22.4 Å². The van der Waals surface area contributed by atoms with Gasteiger partial charge in [0.1, 0.15) is 11.6 Å². The van der Waals surface area contributed by atoms with Crippen LogP contribution < -0.4 is 15.0 Å². The normalized spacial score (nSPS) is 15.8. The van der Waals surface area contributed by atoms with Gasteiger partial charge in [-0.25, -0.2) is 4.39 Å². The number of hydrogen-bond acceptors (Lipinski definition) is 5. The van der Waals surface area contributed by atoms with Crippen molar-refractivity contribution in [2.45, 2.75) is 19.9 Å². The molecule has 0 fully saturated rings. The fourth-order valence-electron chi connectivity index (χ4n) is 4.25. The summed E-state index contributed by atoms with van der Waals surface area (Å²) >= 11 is 5.81. The number of benzene rings is 3. The number of ether oxygens (including phenoxy) is 1. The molecule has 4 aromatic rings. The Labute approximate surface area is 208 Å². The summed E-state index contributed by atoms with van der Waals surface area (Å²) in [5.41, 5.74) is 5.11. The highest BCUT2D eigenvalue weighted by molar-refractivity contribution is 7.80. The molecule has 0 saturated carbocycles. The van der Waals surface area contributed by atoms with Gasteiger partial charge in [0.2, 0.25) is 5.82 Å². The Balaban J connectivity index is 1.67. The van der Waals surface area contributed by atoms with Crippen LogP contribution in [0.2, 0.25) is 0 Å². The van der Waals surface area contributed by atoms with Gasteiger partial charge >= 0.3 is 0 Å². The largest absolute Gasteiger partial charge is 0.497 e. The molecule has 0 aliphatic carbocycles. The fourth-order valence-corrected chi connectivity index (χ4v) is 4.61. The molecule has 5 rings (SSSR count). The van der Waals surface area contributed by atoms with Gasteiger partial charge in [0.25, 0.3) is 5.89 Å². The summed E-state index contributed by atoms with van der Waals surface area (Å²) in [4.78, 5) is 6.60. The lowest BCUT2D eigenvalue weighted by Crippen LogP contribution is -2.46. The van der Waals surface area contributed by atoms with Crippen LogP contribution >= 0.6 is 12.2 Å². The van der Waals surface area contributed by atoms with Crippen LogP contribution in [0.3, 0.4) is 0 Å². The number of hydrogen-bond donors (Lipinski definition) is 1. The van der Waals surface area contributed by atoms with E-state index in [9.17, 15) is 4.39 Å². The molecule has 8 heteroatoms. The van der Waals surface area contributed by atoms with Crippen molar-refractivity contribution in [1.82, 2.24) is 15.5 Å². The zero-order valence-electron chi connectivity index (χ0n) is 19.4. The van der Waals surface area contributed by atoms with Crippen LogP contribution in [0.5, 0.6) is 5.75 Å². The van der Waals surface area contributed by atoms with Crippen molar-refractivity contribution in [2.24, 2.45) is 0 Å². The molecule has 2 heterocycles. The smallest absolute Gasteiger partial charge is 0.258 e. The molecular formula is C27H23FN4O2S. The fraction of sp³-hybridized carbons (Fsp3) is 0.148. The third-order valence-corrected chi connectivity index (χ3v) is 6.21. The minimum atomic E-state index is -0.367. The minimum absolute atomic E-state index is 0.305. The van der Waals surface area contributed by atoms with E-state index in [4.69, 9.17) is 21.5 Å². The molecule has 176 valence electrons. The molecule has 6 nitrogen and oxygen atoms in total. The van der Waals surface area contributed by atoms with Crippen molar-refractivity contribution >= 4 is 28.6 Å². The minimum Gasteiger partial charge on any atom is -0.497 e. The molecular weight excluding hydrogens is 463 g/mol. The second kappa shape index (κ2) is 9.31. The van der Waals surface area contributed by atoms with Crippen LogP contribution in [-0.2, 0) is 0 Å². The quantitative estimate of drug-likeness (QED) is 0.344. The van der Waals surface area contributed by atoms with Crippen molar-refractivity contribution in [1.29, 1.82) is 0 Å². The zero-order valence-corrected chi connectivity index (χ0v) is 20.3. The molecule has 3 aromatic carbocycles. The van der Waals surface area contributed by atoms with Gasteiger partial charge in [-0.15, -0.1) is 0 Å². The molecule has 1 aliphatic rings. The number of nitrogens with zero attached hydrogens (tertiary/aromatic N) is 3. The molecule has 0 amide bonds. The molecule has 0 bridgehead atoms. The summed E-state index contributed by atoms with van der Waals surface area (Å²) in [6.07, 6.45) is 0. The lowest BCUT2D eigenvalue weighted by atomic mass is 9.94. The van der Waals surface area contributed by atoms with Crippen molar-refractivity contribution in [2.75, 3.05) is 12.0 Å². The number of rotatable bonds is 5. The summed E-state index contributed by atoms with van der Waals surface area (Å²) in [6, 6.07) is 21.6. The van der Waals surface area contributed by atoms with Gasteiger partial charge in [-0.05, 0) is 73.6 Å². The third kappa shape index (κ3) is 4.40. The Hall–Kier alpha value is -4.04. The molecule has 35 heavy (non-hydrogen) atoms. The second-order valence-electron chi connectivity index (χ2n) is 8.27. The average Bonchev–Trinajstić information content (AvgIpc) is 3.33. The Morgan fingerprint density at radius 1 is 1.03 bits per heavy atom. The maximum absolute atomic E-state index is 13.8. The first kappa shape index (κ1) is 22.7. The highest BCUT2D eigenvalue weighted by Crippen LogP contribution is 2.40. The summed E-state index contributed by atoms with van der Waals surface area (Å²) in [6.45, 7) is 4.01. The van der Waals surface area contributed by atoms with E-state index in [2.05, 4.69) is 21.5 Å². The maximum Gasteiger partial charge on any atom is 0.258 e. The van der Waals surface area contributed by atoms with Gasteiger partial charge in [0, 0.05) is 16.9 Å². The lowest BCUT2D eigenvalue weighted by Gasteiger charge is -2.37. The number of aryl methyl sites for hydroxylation is 1. The molecule has 1 unspecified atom stereocenters. The number of nitrogens with one attached hydrogen (secondary N) is 1. The molecule has 0 spiro atoms. The Kier molecular flexibility index (Phi) is 6.05. The van der Waals surface area contributed by atoms with Gasteiger partial charge < -0.3 is 14.6 Å². The van der Waals surface area contributed by atoms with Crippen molar-refractivity contribution in [3.05, 3.63) is 101 Å². The van der Waals surface area contributed by atoms with Crippen LogP contribution in [0.4, 0.5) is 10.1 Å². The molecule has 0 saturated heterocycles. The first-order chi connectivity index (χ1) is 16.9.